The van der Waals surface area contributed by atoms with Gasteiger partial charge in [0.1, 0.15) is 6.17 Å². The summed E-state index contributed by atoms with van der Waals surface area (Å²) in [5, 5.41) is 0. The molecule has 0 radical (unpaired) electrons. The van der Waals surface area contributed by atoms with Crippen molar-refractivity contribution in [2.75, 3.05) is 6.50 Å². The van der Waals surface area contributed by atoms with Crippen molar-refractivity contribution in [3.8, 4) is 12.3 Å². The first kappa shape index (κ1) is 14.6. The summed E-state index contributed by atoms with van der Waals surface area (Å²) in [6, 6.07) is 4.73. The van der Waals surface area contributed by atoms with Gasteiger partial charge in [-0.25, -0.2) is 12.8 Å². The van der Waals surface area contributed by atoms with E-state index >= 15 is 0 Å². The Balaban J connectivity index is 0.00000220. The molecule has 0 saturated carbocycles. The fourth-order valence-electron chi connectivity index (χ4n) is 2.13. The van der Waals surface area contributed by atoms with Gasteiger partial charge in [-0.2, -0.15) is 4.31 Å². The van der Waals surface area contributed by atoms with E-state index in [4.69, 9.17) is 9.16 Å². The van der Waals surface area contributed by atoms with E-state index in [1.54, 1.807) is 24.1 Å². The first-order chi connectivity index (χ1) is 9.18. The predicted octanol–water partition coefficient (Wildman–Crippen LogP) is -1.98. The molecule has 1 aromatic carbocycles. The van der Waals surface area contributed by atoms with E-state index in [9.17, 15) is 17.4 Å². The van der Waals surface area contributed by atoms with Gasteiger partial charge in [0.25, 0.3) is 0 Å². The SMILES string of the molecule is [2H]C([2H])(C#C)N(C1c2ccccc2CC1F)S(=O)(=O)[O-].[Cs+]. The second-order valence-electron chi connectivity index (χ2n) is 3.87. The van der Waals surface area contributed by atoms with Crippen molar-refractivity contribution in [3.63, 3.8) is 0 Å². The summed E-state index contributed by atoms with van der Waals surface area (Å²) in [5.74, 6) is 1.59. The monoisotopic (exact) mass is 403 g/mol. The molecule has 4 nitrogen and oxygen atoms in total. The van der Waals surface area contributed by atoms with Gasteiger partial charge in [0.15, 0.2) is 10.3 Å². The largest absolute Gasteiger partial charge is 1.00 e. The molecule has 19 heavy (non-hydrogen) atoms. The Morgan fingerprint density at radius 3 is 2.79 bits per heavy atom. The van der Waals surface area contributed by atoms with Crippen molar-refractivity contribution in [2.24, 2.45) is 0 Å². The normalized spacial score (nSPS) is 23.9. The molecule has 0 bridgehead atoms. The first-order valence-corrected chi connectivity index (χ1v) is 6.50. The van der Waals surface area contributed by atoms with E-state index in [0.717, 1.165) is 0 Å². The number of alkyl halides is 1. The maximum absolute atomic E-state index is 14.1. The zero-order valence-electron chi connectivity index (χ0n) is 12.2. The van der Waals surface area contributed by atoms with Crippen LogP contribution in [0.4, 0.5) is 4.39 Å². The molecule has 0 fully saturated rings. The van der Waals surface area contributed by atoms with Crippen LogP contribution in [0.2, 0.25) is 0 Å². The van der Waals surface area contributed by atoms with Gasteiger partial charge in [-0.3, -0.25) is 0 Å². The molecule has 1 aliphatic rings. The van der Waals surface area contributed by atoms with Crippen molar-refractivity contribution < 1.29 is 89.0 Å². The van der Waals surface area contributed by atoms with E-state index in [1.807, 2.05) is 0 Å². The fraction of sp³-hybridized carbons (Fsp3) is 0.333. The van der Waals surface area contributed by atoms with Crippen molar-refractivity contribution in [1.29, 1.82) is 0 Å². The van der Waals surface area contributed by atoms with Gasteiger partial charge in [-0.05, 0) is 11.1 Å². The minimum absolute atomic E-state index is 0. The summed E-state index contributed by atoms with van der Waals surface area (Å²) in [5.41, 5.74) is 0.796. The van der Waals surface area contributed by atoms with E-state index in [0.29, 0.717) is 5.56 Å². The maximum Gasteiger partial charge on any atom is 1.00 e. The Morgan fingerprint density at radius 1 is 1.58 bits per heavy atom. The number of terminal acetylenes is 1. The van der Waals surface area contributed by atoms with Crippen LogP contribution in [-0.2, 0) is 16.7 Å². The van der Waals surface area contributed by atoms with Gasteiger partial charge >= 0.3 is 68.9 Å². The van der Waals surface area contributed by atoms with Gasteiger partial charge in [0.05, 0.1) is 15.3 Å². The summed E-state index contributed by atoms with van der Waals surface area (Å²) in [6.45, 7) is -2.90. The standard InChI is InChI=1S/C12H12FNO3S.Cs/c1-2-7-14(18(15,16)17)12-10-6-4-3-5-9(10)8-11(12)13;/h1,3-6,11-12H,7-8H2,(H,15,16,17);/q;+1/p-1/i7D2;. The number of rotatable bonds is 3. The number of hydrogen-bond donors (Lipinski definition) is 0. The number of nitrogens with zero attached hydrogens (tertiary/aromatic N) is 1. The van der Waals surface area contributed by atoms with E-state index in [1.165, 1.54) is 6.07 Å². The average molecular weight is 403 g/mol. The van der Waals surface area contributed by atoms with Crippen LogP contribution in [0.25, 0.3) is 0 Å². The van der Waals surface area contributed by atoms with Crippen LogP contribution in [0.1, 0.15) is 19.9 Å². The Kier molecular flexibility index (Phi) is 5.42. The molecule has 2 rings (SSSR count). The molecule has 7 heteroatoms. The second-order valence-corrected chi connectivity index (χ2v) is 5.12. The van der Waals surface area contributed by atoms with Gasteiger partial charge in [-0.1, -0.05) is 30.2 Å². The van der Waals surface area contributed by atoms with Crippen LogP contribution in [0.15, 0.2) is 24.3 Å². The zero-order chi connectivity index (χ0) is 15.1. The molecule has 0 heterocycles. The Labute approximate surface area is 173 Å². The van der Waals surface area contributed by atoms with Crippen LogP contribution < -0.4 is 68.9 Å². The fourth-order valence-corrected chi connectivity index (χ4v) is 2.81. The average Bonchev–Trinajstić information content (AvgIpc) is 2.65. The maximum atomic E-state index is 14.1. The van der Waals surface area contributed by atoms with Crippen molar-refractivity contribution in [3.05, 3.63) is 35.4 Å². The summed E-state index contributed by atoms with van der Waals surface area (Å²) < 4.78 is 63.1. The van der Waals surface area contributed by atoms with Gasteiger partial charge in [0, 0.05) is 6.42 Å². The number of fused-ring (bicyclic) bond motifs is 1. The molecule has 0 amide bonds. The van der Waals surface area contributed by atoms with Crippen LogP contribution in [0.3, 0.4) is 0 Å². The molecule has 1 aromatic rings. The molecule has 2 atom stereocenters. The number of halogens is 1. The molecular weight excluding hydrogens is 390 g/mol. The predicted molar refractivity (Wildman–Crippen MR) is 63.0 cm³/mol. The minimum atomic E-state index is -5.27. The van der Waals surface area contributed by atoms with Crippen LogP contribution in [0.5, 0.6) is 0 Å². The van der Waals surface area contributed by atoms with E-state index < -0.39 is 29.0 Å². The van der Waals surface area contributed by atoms with E-state index in [2.05, 4.69) is 0 Å². The molecule has 0 aromatic heterocycles. The number of hydrogen-bond acceptors (Lipinski definition) is 3. The third-order valence-electron chi connectivity index (χ3n) is 2.80. The topological polar surface area (TPSA) is 60.4 Å². The van der Waals surface area contributed by atoms with Gasteiger partial charge < -0.3 is 4.55 Å². The third-order valence-corrected chi connectivity index (χ3v) is 3.60. The molecule has 0 N–H and O–H groups in total. The second kappa shape index (κ2) is 7.07. The molecule has 0 saturated heterocycles. The van der Waals surface area contributed by atoms with Crippen molar-refractivity contribution in [2.45, 2.75) is 18.6 Å². The molecule has 0 spiro atoms. The first-order valence-electron chi connectivity index (χ1n) is 6.13. The van der Waals surface area contributed by atoms with Crippen LogP contribution >= 0.6 is 0 Å². The van der Waals surface area contributed by atoms with Crippen molar-refractivity contribution >= 4 is 10.3 Å². The van der Waals surface area contributed by atoms with Gasteiger partial charge in [-0.15, -0.1) is 6.42 Å². The summed E-state index contributed by atoms with van der Waals surface area (Å²) in [4.78, 5) is 0. The third kappa shape index (κ3) is 3.84. The smallest absolute Gasteiger partial charge is 0.735 e. The Morgan fingerprint density at radius 2 is 2.21 bits per heavy atom. The molecular formula is C12H11CsFNO3S. The molecule has 2 unspecified atom stereocenters. The molecule has 1 aliphatic carbocycles. The Bertz CT molecular complexity index is 677. The summed E-state index contributed by atoms with van der Waals surface area (Å²) >= 11 is 0. The van der Waals surface area contributed by atoms with E-state index in [-0.39, 0.29) is 85.2 Å². The molecule has 0 aliphatic heterocycles. The van der Waals surface area contributed by atoms with Gasteiger partial charge in [0.2, 0.25) is 0 Å². The summed E-state index contributed by atoms with van der Waals surface area (Å²) in [6.07, 6.45) is 3.13. The summed E-state index contributed by atoms with van der Waals surface area (Å²) in [7, 11) is -5.27. The molecule has 96 valence electrons. The minimum Gasteiger partial charge on any atom is -0.735 e. The van der Waals surface area contributed by atoms with Crippen molar-refractivity contribution in [1.82, 2.24) is 4.31 Å². The Hall–Kier alpha value is 0.632. The van der Waals surface area contributed by atoms with Crippen LogP contribution in [-0.4, -0.2) is 29.9 Å². The quantitative estimate of drug-likeness (QED) is 0.435. The van der Waals surface area contributed by atoms with Crippen LogP contribution in [0, 0.1) is 12.3 Å². The number of benzene rings is 1. The zero-order valence-corrected chi connectivity index (χ0v) is 17.3.